The lowest BCUT2D eigenvalue weighted by molar-refractivity contribution is -0.917. The number of benzene rings is 1. The van der Waals surface area contributed by atoms with E-state index < -0.39 is 0 Å². The zero-order chi connectivity index (χ0) is 19.5. The molecule has 4 rings (SSSR count). The minimum atomic E-state index is -0.317. The van der Waals surface area contributed by atoms with Crippen LogP contribution in [0, 0.1) is 6.92 Å². The number of aromatic nitrogens is 2. The van der Waals surface area contributed by atoms with Gasteiger partial charge in [0.2, 0.25) is 5.43 Å². The van der Waals surface area contributed by atoms with Crippen LogP contribution in [0.1, 0.15) is 21.7 Å². The van der Waals surface area contributed by atoms with E-state index >= 15 is 0 Å². The summed E-state index contributed by atoms with van der Waals surface area (Å²) >= 11 is 1.71. The Bertz CT molecular complexity index is 1010. The summed E-state index contributed by atoms with van der Waals surface area (Å²) in [6.07, 6.45) is 0. The molecule has 1 N–H and O–H groups in total. The highest BCUT2D eigenvalue weighted by Gasteiger charge is 2.27. The summed E-state index contributed by atoms with van der Waals surface area (Å²) in [5.41, 5.74) is 2.56. The van der Waals surface area contributed by atoms with E-state index in [1.807, 2.05) is 37.3 Å². The number of hydrogen-bond acceptors (Lipinski definition) is 4. The molecule has 7 heteroatoms. The molecule has 0 spiro atoms. The molecule has 6 nitrogen and oxygen atoms in total. The highest BCUT2D eigenvalue weighted by atomic mass is 32.1. The van der Waals surface area contributed by atoms with Crippen LogP contribution in [-0.4, -0.2) is 46.8 Å². The van der Waals surface area contributed by atoms with Crippen LogP contribution in [0.25, 0.3) is 5.69 Å². The Morgan fingerprint density at radius 3 is 2.61 bits per heavy atom. The monoisotopic (exact) mass is 395 g/mol. The Balaban J connectivity index is 1.50. The molecule has 1 aliphatic heterocycles. The fourth-order valence-electron chi connectivity index (χ4n) is 3.56. The summed E-state index contributed by atoms with van der Waals surface area (Å²) in [6, 6.07) is 13.2. The smallest absolute Gasteiger partial charge is 0.278 e. The third kappa shape index (κ3) is 3.90. The second-order valence-electron chi connectivity index (χ2n) is 7.10. The van der Waals surface area contributed by atoms with Gasteiger partial charge in [0.15, 0.2) is 5.69 Å². The van der Waals surface area contributed by atoms with Crippen molar-refractivity contribution in [3.8, 4) is 5.69 Å². The molecule has 3 aromatic rings. The number of carbonyl (C=O) groups is 1. The molecule has 0 bridgehead atoms. The molecule has 1 amide bonds. The number of nitrogens with zero attached hydrogens (tertiary/aromatic N) is 3. The number of nitrogens with one attached hydrogen (secondary N) is 1. The first-order valence-electron chi connectivity index (χ1n) is 9.42. The number of aryl methyl sites for hydroxylation is 1. The molecular weight excluding hydrogens is 372 g/mol. The van der Waals surface area contributed by atoms with Crippen molar-refractivity contribution in [2.75, 3.05) is 26.2 Å². The fraction of sp³-hybridized carbons (Fsp3) is 0.286. The second kappa shape index (κ2) is 8.08. The zero-order valence-corrected chi connectivity index (χ0v) is 16.6. The van der Waals surface area contributed by atoms with Gasteiger partial charge in [-0.2, -0.15) is 16.4 Å². The van der Waals surface area contributed by atoms with Gasteiger partial charge in [0.05, 0.1) is 31.9 Å². The number of rotatable bonds is 4. The fourth-order valence-corrected chi connectivity index (χ4v) is 4.23. The Hall–Kier alpha value is -2.77. The molecule has 0 atom stereocenters. The first-order chi connectivity index (χ1) is 13.6. The van der Waals surface area contributed by atoms with Gasteiger partial charge in [0.25, 0.3) is 5.91 Å². The quantitative estimate of drug-likeness (QED) is 0.721. The van der Waals surface area contributed by atoms with Gasteiger partial charge in [-0.3, -0.25) is 9.59 Å². The third-order valence-electron chi connectivity index (χ3n) is 5.10. The van der Waals surface area contributed by atoms with E-state index in [-0.39, 0.29) is 17.0 Å². The molecule has 2 aromatic heterocycles. The normalized spacial score (nSPS) is 15.0. The summed E-state index contributed by atoms with van der Waals surface area (Å²) in [5.74, 6) is -0.274. The van der Waals surface area contributed by atoms with Crippen LogP contribution in [0.4, 0.5) is 0 Å². The van der Waals surface area contributed by atoms with E-state index in [4.69, 9.17) is 0 Å². The van der Waals surface area contributed by atoms with Crippen molar-refractivity contribution in [1.29, 1.82) is 0 Å². The molecule has 1 fully saturated rings. The maximum Gasteiger partial charge on any atom is 0.278 e. The molecule has 0 saturated carbocycles. The third-order valence-corrected chi connectivity index (χ3v) is 5.83. The van der Waals surface area contributed by atoms with Crippen LogP contribution in [-0.2, 0) is 6.54 Å². The van der Waals surface area contributed by atoms with Crippen LogP contribution in [0.2, 0.25) is 0 Å². The van der Waals surface area contributed by atoms with Gasteiger partial charge in [0, 0.05) is 17.3 Å². The van der Waals surface area contributed by atoms with E-state index in [0.717, 1.165) is 25.3 Å². The molecule has 1 aliphatic rings. The Kier molecular flexibility index (Phi) is 5.36. The van der Waals surface area contributed by atoms with E-state index in [0.29, 0.717) is 18.8 Å². The zero-order valence-electron chi connectivity index (χ0n) is 15.8. The van der Waals surface area contributed by atoms with Gasteiger partial charge < -0.3 is 9.80 Å². The molecule has 144 valence electrons. The van der Waals surface area contributed by atoms with Gasteiger partial charge >= 0.3 is 0 Å². The number of hydrogen-bond donors (Lipinski definition) is 1. The lowest BCUT2D eigenvalue weighted by Gasteiger charge is -2.31. The maximum atomic E-state index is 13.0. The van der Waals surface area contributed by atoms with Crippen LogP contribution in [0.15, 0.2) is 58.0 Å². The first-order valence-corrected chi connectivity index (χ1v) is 10.4. The minimum Gasteiger partial charge on any atom is -0.328 e. The molecule has 28 heavy (non-hydrogen) atoms. The van der Waals surface area contributed by atoms with Crippen molar-refractivity contribution in [3.05, 3.63) is 80.4 Å². The van der Waals surface area contributed by atoms with E-state index in [1.165, 1.54) is 16.5 Å². The first kappa shape index (κ1) is 18.6. The Morgan fingerprint density at radius 2 is 1.93 bits per heavy atom. The molecule has 1 saturated heterocycles. The van der Waals surface area contributed by atoms with Crippen molar-refractivity contribution < 1.29 is 9.69 Å². The molecule has 3 heterocycles. The van der Waals surface area contributed by atoms with E-state index in [2.05, 4.69) is 21.9 Å². The van der Waals surface area contributed by atoms with Crippen LogP contribution in [0.5, 0.6) is 0 Å². The molecular formula is C21H23N4O2S+. The van der Waals surface area contributed by atoms with Gasteiger partial charge in [-0.15, -0.1) is 0 Å². The number of para-hydroxylation sites is 1. The lowest BCUT2D eigenvalue weighted by atomic mass is 10.2. The predicted molar refractivity (Wildman–Crippen MR) is 109 cm³/mol. The van der Waals surface area contributed by atoms with Crippen LogP contribution < -0.4 is 10.3 Å². The van der Waals surface area contributed by atoms with Gasteiger partial charge in [0.1, 0.15) is 6.54 Å². The molecule has 0 radical (unpaired) electrons. The van der Waals surface area contributed by atoms with Crippen molar-refractivity contribution >= 4 is 17.2 Å². The molecule has 0 unspecified atom stereocenters. The average Bonchev–Trinajstić information content (AvgIpc) is 3.22. The summed E-state index contributed by atoms with van der Waals surface area (Å²) in [4.78, 5) is 28.7. The number of carbonyl (C=O) groups excluding carboxylic acids is 1. The number of amides is 1. The van der Waals surface area contributed by atoms with Gasteiger partial charge in [-0.1, -0.05) is 18.2 Å². The van der Waals surface area contributed by atoms with Crippen LogP contribution in [0.3, 0.4) is 0 Å². The van der Waals surface area contributed by atoms with Gasteiger partial charge in [-0.25, -0.2) is 4.68 Å². The minimum absolute atomic E-state index is 0.00395. The SMILES string of the molecule is Cc1cc(=O)c(C(=O)N2CC[NH+](Cc3ccsc3)CC2)nn1-c1ccccc1. The summed E-state index contributed by atoms with van der Waals surface area (Å²) in [7, 11) is 0. The number of thiophene rings is 1. The Morgan fingerprint density at radius 1 is 1.18 bits per heavy atom. The van der Waals surface area contributed by atoms with Crippen molar-refractivity contribution in [2.24, 2.45) is 0 Å². The van der Waals surface area contributed by atoms with E-state index in [9.17, 15) is 9.59 Å². The lowest BCUT2D eigenvalue weighted by Crippen LogP contribution is -3.13. The second-order valence-corrected chi connectivity index (χ2v) is 7.88. The number of quaternary nitrogens is 1. The van der Waals surface area contributed by atoms with Crippen molar-refractivity contribution in [1.82, 2.24) is 14.7 Å². The largest absolute Gasteiger partial charge is 0.328 e. The average molecular weight is 396 g/mol. The maximum absolute atomic E-state index is 13.0. The summed E-state index contributed by atoms with van der Waals surface area (Å²) in [5, 5.41) is 8.67. The standard InChI is InChI=1S/C21H22N4O2S/c1-16-13-19(26)20(22-25(16)18-5-3-2-4-6-18)21(27)24-10-8-23(9-11-24)14-17-7-12-28-15-17/h2-7,12-13,15H,8-11,14H2,1H3/p+1. The highest BCUT2D eigenvalue weighted by Crippen LogP contribution is 2.09. The Labute approximate surface area is 167 Å². The van der Waals surface area contributed by atoms with Crippen LogP contribution >= 0.6 is 11.3 Å². The molecule has 0 aliphatic carbocycles. The predicted octanol–water partition coefficient (Wildman–Crippen LogP) is 1.14. The number of piperazine rings is 1. The van der Waals surface area contributed by atoms with Crippen molar-refractivity contribution in [3.63, 3.8) is 0 Å². The summed E-state index contributed by atoms with van der Waals surface area (Å²) in [6.45, 7) is 5.83. The summed E-state index contributed by atoms with van der Waals surface area (Å²) < 4.78 is 1.66. The highest BCUT2D eigenvalue weighted by molar-refractivity contribution is 7.07. The molecule has 1 aromatic carbocycles. The van der Waals surface area contributed by atoms with Crippen molar-refractivity contribution in [2.45, 2.75) is 13.5 Å². The van der Waals surface area contributed by atoms with E-state index in [1.54, 1.807) is 20.9 Å². The van der Waals surface area contributed by atoms with Gasteiger partial charge in [-0.05, 0) is 35.9 Å². The topological polar surface area (TPSA) is 59.6 Å².